The summed E-state index contributed by atoms with van der Waals surface area (Å²) in [6.45, 7) is 1.92. The lowest BCUT2D eigenvalue weighted by atomic mass is 10.3. The van der Waals surface area contributed by atoms with Gasteiger partial charge in [0.2, 0.25) is 0 Å². The maximum Gasteiger partial charge on any atom is 0.145 e. The fraction of sp³-hybridized carbons (Fsp3) is 0.0909. The Labute approximate surface area is 93.3 Å². The maximum atomic E-state index is 5.58. The first-order valence-corrected chi connectivity index (χ1v) is 4.81. The standard InChI is InChI=1S/C11H12N4O/c1-8-2-3-10(7-14-8)16-9-4-5-13-11(6-9)15-12/h2-7H,12H2,1H3,(H,13,15). The van der Waals surface area contributed by atoms with Gasteiger partial charge in [0.15, 0.2) is 0 Å². The first-order chi connectivity index (χ1) is 7.78. The predicted octanol–water partition coefficient (Wildman–Crippen LogP) is 1.86. The van der Waals surface area contributed by atoms with Crippen LogP contribution in [0.4, 0.5) is 5.82 Å². The Morgan fingerprint density at radius 1 is 1.19 bits per heavy atom. The number of hydrogen-bond donors (Lipinski definition) is 2. The summed E-state index contributed by atoms with van der Waals surface area (Å²) in [5.74, 6) is 7.15. The molecule has 0 aliphatic heterocycles. The Balaban J connectivity index is 2.16. The maximum absolute atomic E-state index is 5.58. The van der Waals surface area contributed by atoms with Crippen LogP contribution < -0.4 is 16.0 Å². The minimum atomic E-state index is 0.553. The molecule has 0 unspecified atom stereocenters. The Morgan fingerprint density at radius 2 is 2.06 bits per heavy atom. The van der Waals surface area contributed by atoms with Crippen LogP contribution in [0.15, 0.2) is 36.7 Å². The SMILES string of the molecule is Cc1ccc(Oc2ccnc(NN)c2)cn1. The van der Waals surface area contributed by atoms with Crippen LogP contribution in [0.3, 0.4) is 0 Å². The molecule has 0 aromatic carbocycles. The lowest BCUT2D eigenvalue weighted by Gasteiger charge is -2.06. The van der Waals surface area contributed by atoms with Crippen molar-refractivity contribution in [1.29, 1.82) is 0 Å². The van der Waals surface area contributed by atoms with Crippen molar-refractivity contribution in [3.05, 3.63) is 42.4 Å². The van der Waals surface area contributed by atoms with Gasteiger partial charge in [-0.3, -0.25) is 4.98 Å². The Hall–Kier alpha value is -2.14. The first kappa shape index (κ1) is 10.4. The van der Waals surface area contributed by atoms with Crippen LogP contribution in [0.2, 0.25) is 0 Å². The highest BCUT2D eigenvalue weighted by molar-refractivity contribution is 5.41. The van der Waals surface area contributed by atoms with Gasteiger partial charge in [-0.25, -0.2) is 10.8 Å². The molecule has 0 saturated carbocycles. The molecule has 0 aliphatic carbocycles. The van der Waals surface area contributed by atoms with Gasteiger partial charge in [-0.1, -0.05) is 0 Å². The Morgan fingerprint density at radius 3 is 2.75 bits per heavy atom. The third-order valence-corrected chi connectivity index (χ3v) is 2.00. The molecule has 0 atom stereocenters. The summed E-state index contributed by atoms with van der Waals surface area (Å²) in [5.41, 5.74) is 3.41. The fourth-order valence-corrected chi connectivity index (χ4v) is 1.20. The quantitative estimate of drug-likeness (QED) is 0.605. The van der Waals surface area contributed by atoms with E-state index in [0.717, 1.165) is 5.69 Å². The molecular formula is C11H12N4O. The van der Waals surface area contributed by atoms with Crippen molar-refractivity contribution in [1.82, 2.24) is 9.97 Å². The van der Waals surface area contributed by atoms with E-state index < -0.39 is 0 Å². The van der Waals surface area contributed by atoms with Gasteiger partial charge in [0.05, 0.1) is 6.20 Å². The van der Waals surface area contributed by atoms with Crippen molar-refractivity contribution in [3.8, 4) is 11.5 Å². The third-order valence-electron chi connectivity index (χ3n) is 2.00. The number of rotatable bonds is 3. The van der Waals surface area contributed by atoms with E-state index in [1.165, 1.54) is 0 Å². The Kier molecular flexibility index (Phi) is 2.98. The van der Waals surface area contributed by atoms with Crippen LogP contribution in [0, 0.1) is 6.92 Å². The van der Waals surface area contributed by atoms with Gasteiger partial charge in [0.1, 0.15) is 17.3 Å². The first-order valence-electron chi connectivity index (χ1n) is 4.81. The second-order valence-electron chi connectivity index (χ2n) is 3.26. The zero-order valence-electron chi connectivity index (χ0n) is 8.84. The van der Waals surface area contributed by atoms with Crippen molar-refractivity contribution < 1.29 is 4.74 Å². The summed E-state index contributed by atoms with van der Waals surface area (Å²) >= 11 is 0. The number of aromatic nitrogens is 2. The lowest BCUT2D eigenvalue weighted by Crippen LogP contribution is -2.08. The number of nitrogens with two attached hydrogens (primary N) is 1. The van der Waals surface area contributed by atoms with Crippen molar-refractivity contribution in [2.24, 2.45) is 5.84 Å². The molecule has 16 heavy (non-hydrogen) atoms. The molecule has 2 aromatic rings. The molecule has 2 rings (SSSR count). The number of ether oxygens (including phenoxy) is 1. The molecule has 2 heterocycles. The number of nitrogens with zero attached hydrogens (tertiary/aromatic N) is 2. The topological polar surface area (TPSA) is 73.1 Å². The number of nitrogen functional groups attached to an aromatic ring is 1. The average molecular weight is 216 g/mol. The predicted molar refractivity (Wildman–Crippen MR) is 61.1 cm³/mol. The third kappa shape index (κ3) is 2.46. The number of aryl methyl sites for hydroxylation is 1. The summed E-state index contributed by atoms with van der Waals surface area (Å²) in [4.78, 5) is 8.12. The summed E-state index contributed by atoms with van der Waals surface area (Å²) in [5, 5.41) is 0. The van der Waals surface area contributed by atoms with E-state index in [0.29, 0.717) is 17.3 Å². The number of hydrazine groups is 1. The lowest BCUT2D eigenvalue weighted by molar-refractivity contribution is 0.479. The summed E-state index contributed by atoms with van der Waals surface area (Å²) < 4.78 is 5.58. The average Bonchev–Trinajstić information content (AvgIpc) is 2.32. The second-order valence-corrected chi connectivity index (χ2v) is 3.26. The normalized spacial score (nSPS) is 9.88. The molecule has 0 spiro atoms. The van der Waals surface area contributed by atoms with Crippen LogP contribution in [-0.4, -0.2) is 9.97 Å². The van der Waals surface area contributed by atoms with Gasteiger partial charge >= 0.3 is 0 Å². The van der Waals surface area contributed by atoms with E-state index in [1.807, 2.05) is 19.1 Å². The van der Waals surface area contributed by atoms with Crippen molar-refractivity contribution in [2.75, 3.05) is 5.43 Å². The molecule has 3 N–H and O–H groups in total. The molecule has 0 radical (unpaired) electrons. The van der Waals surface area contributed by atoms with E-state index in [9.17, 15) is 0 Å². The van der Waals surface area contributed by atoms with E-state index in [2.05, 4.69) is 15.4 Å². The molecule has 0 fully saturated rings. The van der Waals surface area contributed by atoms with Gasteiger partial charge in [-0.2, -0.15) is 0 Å². The van der Waals surface area contributed by atoms with E-state index >= 15 is 0 Å². The molecule has 0 amide bonds. The minimum absolute atomic E-state index is 0.553. The molecule has 2 aromatic heterocycles. The van der Waals surface area contributed by atoms with E-state index in [4.69, 9.17) is 10.6 Å². The van der Waals surface area contributed by atoms with Gasteiger partial charge in [0, 0.05) is 18.0 Å². The van der Waals surface area contributed by atoms with E-state index in [1.54, 1.807) is 24.5 Å². The zero-order valence-corrected chi connectivity index (χ0v) is 8.84. The van der Waals surface area contributed by atoms with Gasteiger partial charge in [0.25, 0.3) is 0 Å². The number of hydrogen-bond acceptors (Lipinski definition) is 5. The zero-order chi connectivity index (χ0) is 11.4. The molecule has 5 heteroatoms. The minimum Gasteiger partial charge on any atom is -0.456 e. The highest BCUT2D eigenvalue weighted by Gasteiger charge is 1.99. The summed E-state index contributed by atoms with van der Waals surface area (Å²) in [6, 6.07) is 7.21. The number of anilines is 1. The number of pyridine rings is 2. The monoisotopic (exact) mass is 216 g/mol. The van der Waals surface area contributed by atoms with Crippen molar-refractivity contribution >= 4 is 5.82 Å². The molecule has 5 nitrogen and oxygen atoms in total. The van der Waals surface area contributed by atoms with Crippen LogP contribution in [0.1, 0.15) is 5.69 Å². The van der Waals surface area contributed by atoms with Gasteiger partial charge in [-0.05, 0) is 25.1 Å². The molecular weight excluding hydrogens is 204 g/mol. The van der Waals surface area contributed by atoms with Crippen LogP contribution >= 0.6 is 0 Å². The van der Waals surface area contributed by atoms with Gasteiger partial charge in [-0.15, -0.1) is 0 Å². The fourth-order valence-electron chi connectivity index (χ4n) is 1.20. The highest BCUT2D eigenvalue weighted by atomic mass is 16.5. The molecule has 82 valence electrons. The second kappa shape index (κ2) is 4.59. The number of nitrogens with one attached hydrogen (secondary N) is 1. The molecule has 0 bridgehead atoms. The van der Waals surface area contributed by atoms with Crippen LogP contribution in [-0.2, 0) is 0 Å². The van der Waals surface area contributed by atoms with Crippen LogP contribution in [0.5, 0.6) is 11.5 Å². The molecule has 0 aliphatic rings. The summed E-state index contributed by atoms with van der Waals surface area (Å²) in [7, 11) is 0. The smallest absolute Gasteiger partial charge is 0.145 e. The largest absolute Gasteiger partial charge is 0.456 e. The van der Waals surface area contributed by atoms with Gasteiger partial charge < -0.3 is 10.2 Å². The van der Waals surface area contributed by atoms with E-state index in [-0.39, 0.29) is 0 Å². The summed E-state index contributed by atoms with van der Waals surface area (Å²) in [6.07, 6.45) is 3.29. The highest BCUT2D eigenvalue weighted by Crippen LogP contribution is 2.21. The Bertz CT molecular complexity index is 470. The van der Waals surface area contributed by atoms with Crippen molar-refractivity contribution in [3.63, 3.8) is 0 Å². The molecule has 0 saturated heterocycles. The van der Waals surface area contributed by atoms with Crippen molar-refractivity contribution in [2.45, 2.75) is 6.92 Å². The van der Waals surface area contributed by atoms with Crippen LogP contribution in [0.25, 0.3) is 0 Å².